The molecule has 0 aliphatic carbocycles. The summed E-state index contributed by atoms with van der Waals surface area (Å²) < 4.78 is 0. The van der Waals surface area contributed by atoms with Crippen molar-refractivity contribution in [2.45, 2.75) is 5.92 Å². The zero-order chi connectivity index (χ0) is 11.0. The monoisotopic (exact) mass is 210 g/mol. The summed E-state index contributed by atoms with van der Waals surface area (Å²) >= 11 is 0. The van der Waals surface area contributed by atoms with Crippen molar-refractivity contribution in [2.24, 2.45) is 5.73 Å². The summed E-state index contributed by atoms with van der Waals surface area (Å²) in [6.07, 6.45) is 2.09. The average Bonchev–Trinajstić information content (AvgIpc) is 2.75. The summed E-state index contributed by atoms with van der Waals surface area (Å²) in [5.41, 5.74) is 7.05. The van der Waals surface area contributed by atoms with Gasteiger partial charge in [0.2, 0.25) is 0 Å². The highest BCUT2D eigenvalue weighted by Crippen LogP contribution is 2.24. The predicted molar refractivity (Wildman–Crippen MR) is 67.0 cm³/mol. The van der Waals surface area contributed by atoms with Crippen molar-refractivity contribution in [1.82, 2.24) is 5.32 Å². The molecule has 0 saturated heterocycles. The molecule has 3 rings (SSSR count). The van der Waals surface area contributed by atoms with Crippen LogP contribution in [0.15, 0.2) is 54.4 Å². The van der Waals surface area contributed by atoms with E-state index in [-0.39, 0.29) is 0 Å². The molecule has 0 unspecified atom stereocenters. The van der Waals surface area contributed by atoms with Crippen LogP contribution in [0.5, 0.6) is 0 Å². The van der Waals surface area contributed by atoms with Crippen LogP contribution in [0.2, 0.25) is 0 Å². The molecule has 0 bridgehead atoms. The first-order valence-electron chi connectivity index (χ1n) is 5.53. The van der Waals surface area contributed by atoms with Crippen molar-refractivity contribution < 1.29 is 0 Å². The van der Waals surface area contributed by atoms with Gasteiger partial charge in [0.15, 0.2) is 0 Å². The van der Waals surface area contributed by atoms with Crippen LogP contribution in [0.4, 0.5) is 0 Å². The fourth-order valence-electron chi connectivity index (χ4n) is 2.21. The normalized spacial score (nSPS) is 19.5. The topological polar surface area (TPSA) is 38.0 Å². The Hall–Kier alpha value is -1.96. The zero-order valence-electron chi connectivity index (χ0n) is 8.98. The maximum Gasteiger partial charge on any atom is 0.0926 e. The van der Waals surface area contributed by atoms with Gasteiger partial charge in [0, 0.05) is 12.5 Å². The summed E-state index contributed by atoms with van der Waals surface area (Å²) in [7, 11) is 0. The minimum Gasteiger partial charge on any atom is -0.386 e. The average molecular weight is 210 g/mol. The second kappa shape index (κ2) is 3.56. The Labute approximate surface area is 94.8 Å². The number of rotatable bonds is 1. The van der Waals surface area contributed by atoms with Crippen LogP contribution in [0.25, 0.3) is 10.8 Å². The fourth-order valence-corrected chi connectivity index (χ4v) is 2.21. The Morgan fingerprint density at radius 1 is 1.06 bits per heavy atom. The molecule has 1 heterocycles. The van der Waals surface area contributed by atoms with E-state index in [2.05, 4.69) is 53.9 Å². The van der Waals surface area contributed by atoms with E-state index in [0.29, 0.717) is 5.92 Å². The number of hydrogen-bond donors (Lipinski definition) is 2. The molecule has 16 heavy (non-hydrogen) atoms. The molecule has 3 N–H and O–H groups in total. The van der Waals surface area contributed by atoms with Crippen LogP contribution in [0.3, 0.4) is 0 Å². The molecule has 0 aromatic heterocycles. The molecule has 1 aliphatic heterocycles. The Bertz CT molecular complexity index is 557. The van der Waals surface area contributed by atoms with Crippen LogP contribution in [-0.4, -0.2) is 6.54 Å². The maximum atomic E-state index is 5.73. The van der Waals surface area contributed by atoms with Gasteiger partial charge in [-0.25, -0.2) is 0 Å². The van der Waals surface area contributed by atoms with Crippen molar-refractivity contribution >= 4 is 10.8 Å². The maximum absolute atomic E-state index is 5.73. The van der Waals surface area contributed by atoms with Gasteiger partial charge in [-0.05, 0) is 22.4 Å². The van der Waals surface area contributed by atoms with E-state index in [1.807, 2.05) is 0 Å². The van der Waals surface area contributed by atoms with E-state index >= 15 is 0 Å². The van der Waals surface area contributed by atoms with E-state index in [1.54, 1.807) is 0 Å². The third-order valence-electron chi connectivity index (χ3n) is 3.11. The Morgan fingerprint density at radius 3 is 2.62 bits per heavy atom. The lowest BCUT2D eigenvalue weighted by Crippen LogP contribution is -2.15. The summed E-state index contributed by atoms with van der Waals surface area (Å²) in [5, 5.41) is 5.73. The molecule has 0 saturated carbocycles. The van der Waals surface area contributed by atoms with Gasteiger partial charge in [0.05, 0.1) is 5.82 Å². The highest BCUT2D eigenvalue weighted by atomic mass is 15.0. The van der Waals surface area contributed by atoms with Gasteiger partial charge in [-0.15, -0.1) is 0 Å². The van der Waals surface area contributed by atoms with Gasteiger partial charge in [-0.3, -0.25) is 0 Å². The molecule has 1 atom stereocenters. The van der Waals surface area contributed by atoms with Crippen LogP contribution in [0, 0.1) is 0 Å². The number of nitrogens with one attached hydrogen (secondary N) is 1. The first-order valence-corrected chi connectivity index (χ1v) is 5.53. The molecule has 2 aromatic rings. The lowest BCUT2D eigenvalue weighted by Gasteiger charge is -2.08. The van der Waals surface area contributed by atoms with Crippen molar-refractivity contribution in [2.75, 3.05) is 6.54 Å². The molecule has 0 spiro atoms. The van der Waals surface area contributed by atoms with Gasteiger partial charge < -0.3 is 11.1 Å². The van der Waals surface area contributed by atoms with Crippen molar-refractivity contribution in [3.8, 4) is 0 Å². The largest absolute Gasteiger partial charge is 0.386 e. The lowest BCUT2D eigenvalue weighted by atomic mass is 9.97. The van der Waals surface area contributed by atoms with E-state index in [9.17, 15) is 0 Å². The predicted octanol–water partition coefficient (Wildman–Crippen LogP) is 2.33. The first-order chi connectivity index (χ1) is 7.83. The minimum atomic E-state index is 0.407. The van der Waals surface area contributed by atoms with Crippen LogP contribution >= 0.6 is 0 Å². The van der Waals surface area contributed by atoms with Gasteiger partial charge >= 0.3 is 0 Å². The van der Waals surface area contributed by atoms with Crippen molar-refractivity contribution in [3.63, 3.8) is 0 Å². The second-order valence-corrected chi connectivity index (χ2v) is 4.22. The molecule has 0 fully saturated rings. The van der Waals surface area contributed by atoms with Crippen LogP contribution < -0.4 is 11.1 Å². The molecule has 0 radical (unpaired) electrons. The fraction of sp³-hybridized carbons (Fsp3) is 0.143. The third kappa shape index (κ3) is 1.52. The number of nitrogens with two attached hydrogens (primary N) is 1. The zero-order valence-corrected chi connectivity index (χ0v) is 8.98. The molecule has 0 amide bonds. The van der Waals surface area contributed by atoms with E-state index < -0.39 is 0 Å². The Balaban J connectivity index is 2.05. The number of fused-ring (bicyclic) bond motifs is 1. The lowest BCUT2D eigenvalue weighted by molar-refractivity contribution is 0.792. The standard InChI is InChI=1S/C14H14N2/c15-14-8-13(9-16-14)12-6-5-10-3-1-2-4-11(10)7-12/h1-8,13,16H,9,15H2/t13-/m1/s1. The summed E-state index contributed by atoms with van der Waals surface area (Å²) in [6.45, 7) is 0.907. The number of hydrogen-bond acceptors (Lipinski definition) is 2. The van der Waals surface area contributed by atoms with Gasteiger partial charge in [0.25, 0.3) is 0 Å². The third-order valence-corrected chi connectivity index (χ3v) is 3.11. The molecular formula is C14H14N2. The van der Waals surface area contributed by atoms with Crippen molar-refractivity contribution in [3.05, 3.63) is 59.9 Å². The van der Waals surface area contributed by atoms with Gasteiger partial charge in [-0.1, -0.05) is 42.5 Å². The van der Waals surface area contributed by atoms with E-state index in [4.69, 9.17) is 5.73 Å². The number of benzene rings is 2. The highest BCUT2D eigenvalue weighted by molar-refractivity contribution is 5.83. The highest BCUT2D eigenvalue weighted by Gasteiger charge is 2.15. The smallest absolute Gasteiger partial charge is 0.0926 e. The van der Waals surface area contributed by atoms with Crippen LogP contribution in [0.1, 0.15) is 11.5 Å². The Morgan fingerprint density at radius 2 is 1.88 bits per heavy atom. The minimum absolute atomic E-state index is 0.407. The molecular weight excluding hydrogens is 196 g/mol. The molecule has 2 heteroatoms. The molecule has 80 valence electrons. The van der Waals surface area contributed by atoms with Gasteiger partial charge in [0.1, 0.15) is 0 Å². The second-order valence-electron chi connectivity index (χ2n) is 4.22. The molecule has 2 nitrogen and oxygen atoms in total. The molecule has 1 aliphatic rings. The van der Waals surface area contributed by atoms with Crippen molar-refractivity contribution in [1.29, 1.82) is 0 Å². The van der Waals surface area contributed by atoms with Crippen LogP contribution in [-0.2, 0) is 0 Å². The quantitative estimate of drug-likeness (QED) is 0.758. The summed E-state index contributed by atoms with van der Waals surface area (Å²) in [4.78, 5) is 0. The van der Waals surface area contributed by atoms with Gasteiger partial charge in [-0.2, -0.15) is 0 Å². The summed E-state index contributed by atoms with van der Waals surface area (Å²) in [5.74, 6) is 1.20. The summed E-state index contributed by atoms with van der Waals surface area (Å²) in [6, 6.07) is 15.0. The first kappa shape index (κ1) is 9.28. The Kier molecular flexibility index (Phi) is 2.07. The van der Waals surface area contributed by atoms with E-state index in [1.165, 1.54) is 16.3 Å². The molecule has 2 aromatic carbocycles. The SMILES string of the molecule is NC1=C[C@@H](c2ccc3ccccc3c2)CN1. The van der Waals surface area contributed by atoms with E-state index in [0.717, 1.165) is 12.4 Å².